The Hall–Kier alpha value is -2.65. The molecule has 28 heavy (non-hydrogen) atoms. The van der Waals surface area contributed by atoms with Crippen LogP contribution in [-0.4, -0.2) is 41.7 Å². The SMILES string of the molecule is CC(CCn1ccc(OCCc2ccccc2)cc1=O)(C(=O)NO)S(C)(=O)=O. The van der Waals surface area contributed by atoms with Gasteiger partial charge in [-0.15, -0.1) is 0 Å². The molecular formula is C19H24N2O6S. The molecule has 152 valence electrons. The lowest BCUT2D eigenvalue weighted by atomic mass is 10.1. The van der Waals surface area contributed by atoms with Crippen LogP contribution in [0.2, 0.25) is 0 Å². The number of hydrogen-bond donors (Lipinski definition) is 2. The number of carbonyl (C=O) groups excluding carboxylic acids is 1. The van der Waals surface area contributed by atoms with Gasteiger partial charge < -0.3 is 9.30 Å². The van der Waals surface area contributed by atoms with Crippen LogP contribution in [-0.2, 0) is 27.6 Å². The number of aryl methyl sites for hydroxylation is 1. The summed E-state index contributed by atoms with van der Waals surface area (Å²) in [4.78, 5) is 24.1. The Balaban J connectivity index is 2.02. The van der Waals surface area contributed by atoms with Gasteiger partial charge in [-0.05, 0) is 25.0 Å². The molecule has 1 aromatic carbocycles. The third-order valence-corrected chi connectivity index (χ3v) is 6.73. The highest BCUT2D eigenvalue weighted by Gasteiger charge is 2.43. The highest BCUT2D eigenvalue weighted by molar-refractivity contribution is 7.92. The summed E-state index contributed by atoms with van der Waals surface area (Å²) in [6, 6.07) is 12.7. The van der Waals surface area contributed by atoms with Crippen LogP contribution in [0.4, 0.5) is 0 Å². The molecule has 0 saturated carbocycles. The lowest BCUT2D eigenvalue weighted by Crippen LogP contribution is -2.49. The Bertz CT molecular complexity index is 971. The molecule has 0 aliphatic heterocycles. The Morgan fingerprint density at radius 3 is 2.50 bits per heavy atom. The standard InChI is InChI=1S/C19H24N2O6S/c1-19(18(23)20-24,28(2,25)26)10-12-21-11-8-16(14-17(21)22)27-13-9-15-6-4-3-5-7-15/h3-8,11,14,24H,9-10,12-13H2,1-2H3,(H,20,23). The molecule has 0 aliphatic carbocycles. The summed E-state index contributed by atoms with van der Waals surface area (Å²) >= 11 is 0. The van der Waals surface area contributed by atoms with Crippen molar-refractivity contribution in [3.8, 4) is 5.75 Å². The van der Waals surface area contributed by atoms with Gasteiger partial charge in [0.1, 0.15) is 5.75 Å². The molecular weight excluding hydrogens is 384 g/mol. The van der Waals surface area contributed by atoms with Crippen LogP contribution in [0.15, 0.2) is 53.5 Å². The summed E-state index contributed by atoms with van der Waals surface area (Å²) in [5.41, 5.74) is 2.13. The maximum Gasteiger partial charge on any atom is 0.264 e. The van der Waals surface area contributed by atoms with Crippen LogP contribution >= 0.6 is 0 Å². The van der Waals surface area contributed by atoms with E-state index in [1.54, 1.807) is 6.07 Å². The number of sulfone groups is 1. The zero-order valence-electron chi connectivity index (χ0n) is 15.8. The van der Waals surface area contributed by atoms with E-state index < -0.39 is 20.5 Å². The van der Waals surface area contributed by atoms with E-state index in [9.17, 15) is 18.0 Å². The second-order valence-corrected chi connectivity index (χ2v) is 9.12. The number of hydrogen-bond acceptors (Lipinski definition) is 6. The van der Waals surface area contributed by atoms with Crippen LogP contribution in [0, 0.1) is 0 Å². The van der Waals surface area contributed by atoms with Gasteiger partial charge in [0.05, 0.1) is 6.61 Å². The summed E-state index contributed by atoms with van der Waals surface area (Å²) < 4.78 is 29.0. The Morgan fingerprint density at radius 2 is 1.93 bits per heavy atom. The van der Waals surface area contributed by atoms with Crippen molar-refractivity contribution in [2.24, 2.45) is 0 Å². The summed E-state index contributed by atoms with van der Waals surface area (Å²) in [5.74, 6) is -0.625. The normalized spacial score (nSPS) is 13.5. The van der Waals surface area contributed by atoms with Gasteiger partial charge in [-0.3, -0.25) is 14.8 Å². The van der Waals surface area contributed by atoms with Crippen molar-refractivity contribution in [1.82, 2.24) is 10.0 Å². The molecule has 8 nitrogen and oxygen atoms in total. The van der Waals surface area contributed by atoms with Gasteiger partial charge in [-0.1, -0.05) is 30.3 Å². The monoisotopic (exact) mass is 408 g/mol. The van der Waals surface area contributed by atoms with E-state index in [2.05, 4.69) is 0 Å². The number of aromatic nitrogens is 1. The van der Waals surface area contributed by atoms with Gasteiger partial charge in [0.2, 0.25) is 0 Å². The minimum absolute atomic E-state index is 0.0138. The van der Waals surface area contributed by atoms with Crippen molar-refractivity contribution in [3.05, 3.63) is 64.6 Å². The van der Waals surface area contributed by atoms with Gasteiger partial charge >= 0.3 is 0 Å². The number of ether oxygens (including phenoxy) is 1. The summed E-state index contributed by atoms with van der Waals surface area (Å²) in [6.07, 6.45) is 2.92. The second-order valence-electron chi connectivity index (χ2n) is 6.67. The fraction of sp³-hybridized carbons (Fsp3) is 0.368. The maximum atomic E-state index is 12.3. The molecule has 2 aromatic rings. The molecule has 9 heteroatoms. The van der Waals surface area contributed by atoms with Gasteiger partial charge in [0.15, 0.2) is 14.6 Å². The summed E-state index contributed by atoms with van der Waals surface area (Å²) in [7, 11) is -3.82. The first-order chi connectivity index (χ1) is 13.2. The lowest BCUT2D eigenvalue weighted by molar-refractivity contribution is -0.131. The van der Waals surface area contributed by atoms with E-state index in [0.29, 0.717) is 18.8 Å². The minimum atomic E-state index is -3.82. The first-order valence-corrected chi connectivity index (χ1v) is 10.6. The third-order valence-electron chi connectivity index (χ3n) is 4.70. The Morgan fingerprint density at radius 1 is 1.25 bits per heavy atom. The number of benzene rings is 1. The number of pyridine rings is 1. The maximum absolute atomic E-state index is 12.3. The van der Waals surface area contributed by atoms with Crippen molar-refractivity contribution < 1.29 is 23.2 Å². The average Bonchev–Trinajstić information content (AvgIpc) is 2.66. The number of hydroxylamine groups is 1. The Labute approximate surface area is 163 Å². The number of nitrogens with zero attached hydrogens (tertiary/aromatic N) is 1. The van der Waals surface area contributed by atoms with E-state index in [1.165, 1.54) is 29.2 Å². The molecule has 0 aliphatic rings. The highest BCUT2D eigenvalue weighted by atomic mass is 32.2. The summed E-state index contributed by atoms with van der Waals surface area (Å²) in [5, 5.41) is 8.84. The van der Waals surface area contributed by atoms with Crippen molar-refractivity contribution in [2.75, 3.05) is 12.9 Å². The van der Waals surface area contributed by atoms with Crippen LogP contribution in [0.1, 0.15) is 18.9 Å². The van der Waals surface area contributed by atoms with Gasteiger partial charge in [-0.25, -0.2) is 13.9 Å². The molecule has 2 rings (SSSR count). The average molecular weight is 408 g/mol. The topological polar surface area (TPSA) is 115 Å². The van der Waals surface area contributed by atoms with Crippen LogP contribution in [0.25, 0.3) is 0 Å². The Kier molecular flexibility index (Phi) is 6.98. The quantitative estimate of drug-likeness (QED) is 0.475. The fourth-order valence-electron chi connectivity index (χ4n) is 2.61. The molecule has 0 bridgehead atoms. The number of rotatable bonds is 9. The van der Waals surface area contributed by atoms with E-state index in [-0.39, 0.29) is 18.5 Å². The smallest absolute Gasteiger partial charge is 0.264 e. The van der Waals surface area contributed by atoms with Gasteiger partial charge in [-0.2, -0.15) is 0 Å². The first-order valence-electron chi connectivity index (χ1n) is 8.69. The largest absolute Gasteiger partial charge is 0.493 e. The van der Waals surface area contributed by atoms with Crippen LogP contribution in [0.3, 0.4) is 0 Å². The molecule has 1 aromatic heterocycles. The number of amides is 1. The fourth-order valence-corrected chi connectivity index (χ4v) is 3.46. The molecule has 1 unspecified atom stereocenters. The summed E-state index contributed by atoms with van der Waals surface area (Å²) in [6.45, 7) is 1.61. The third kappa shape index (κ3) is 5.20. The molecule has 2 N–H and O–H groups in total. The zero-order chi connectivity index (χ0) is 20.8. The molecule has 1 amide bonds. The van der Waals surface area contributed by atoms with E-state index in [0.717, 1.165) is 11.8 Å². The van der Waals surface area contributed by atoms with E-state index in [1.807, 2.05) is 30.3 Å². The molecule has 0 saturated heterocycles. The van der Waals surface area contributed by atoms with E-state index in [4.69, 9.17) is 9.94 Å². The van der Waals surface area contributed by atoms with Crippen molar-refractivity contribution in [3.63, 3.8) is 0 Å². The van der Waals surface area contributed by atoms with Gasteiger partial charge in [0.25, 0.3) is 11.5 Å². The molecule has 1 heterocycles. The van der Waals surface area contributed by atoms with Crippen molar-refractivity contribution >= 4 is 15.7 Å². The number of carbonyl (C=O) groups is 1. The zero-order valence-corrected chi connectivity index (χ0v) is 16.6. The van der Waals surface area contributed by atoms with Crippen molar-refractivity contribution in [2.45, 2.75) is 31.1 Å². The van der Waals surface area contributed by atoms with E-state index >= 15 is 0 Å². The lowest BCUT2D eigenvalue weighted by Gasteiger charge is -2.25. The predicted molar refractivity (Wildman–Crippen MR) is 104 cm³/mol. The minimum Gasteiger partial charge on any atom is -0.493 e. The first kappa shape index (κ1) is 21.6. The molecule has 0 radical (unpaired) electrons. The van der Waals surface area contributed by atoms with Crippen molar-refractivity contribution in [1.29, 1.82) is 0 Å². The second kappa shape index (κ2) is 9.03. The number of nitrogens with one attached hydrogen (secondary N) is 1. The molecule has 0 fully saturated rings. The highest BCUT2D eigenvalue weighted by Crippen LogP contribution is 2.22. The van der Waals surface area contributed by atoms with Crippen LogP contribution < -0.4 is 15.8 Å². The molecule has 1 atom stereocenters. The molecule has 0 spiro atoms. The van der Waals surface area contributed by atoms with Crippen LogP contribution in [0.5, 0.6) is 5.75 Å². The predicted octanol–water partition coefficient (Wildman–Crippen LogP) is 1.17. The van der Waals surface area contributed by atoms with Gasteiger partial charge in [0, 0.05) is 31.5 Å².